The molecule has 0 aromatic heterocycles. The fraction of sp³-hybridized carbons (Fsp3) is 0.188. The highest BCUT2D eigenvalue weighted by Crippen LogP contribution is 2.17. The van der Waals surface area contributed by atoms with Crippen LogP contribution in [0.4, 0.5) is 0 Å². The minimum Gasteiger partial charge on any atom is -0.409 e. The molecule has 0 heterocycles. The summed E-state index contributed by atoms with van der Waals surface area (Å²) in [7, 11) is 0. The lowest BCUT2D eigenvalue weighted by molar-refractivity contribution is 0.318. The summed E-state index contributed by atoms with van der Waals surface area (Å²) in [6.07, 6.45) is 0. The fourth-order valence-electron chi connectivity index (χ4n) is 2.04. The molecule has 21 heavy (non-hydrogen) atoms. The molecule has 0 saturated heterocycles. The molecule has 2 aromatic rings. The third-order valence-corrected chi connectivity index (χ3v) is 3.84. The Balaban J connectivity index is 2.01. The van der Waals surface area contributed by atoms with Crippen molar-refractivity contribution in [2.45, 2.75) is 19.5 Å². The molecule has 2 aromatic carbocycles. The van der Waals surface area contributed by atoms with Crippen LogP contribution in [0.25, 0.3) is 0 Å². The van der Waals surface area contributed by atoms with Crippen LogP contribution in [0.5, 0.6) is 0 Å². The van der Waals surface area contributed by atoms with E-state index in [-0.39, 0.29) is 11.9 Å². The topological polar surface area (TPSA) is 70.6 Å². The molecule has 0 unspecified atom stereocenters. The highest BCUT2D eigenvalue weighted by Gasteiger charge is 2.06. The van der Waals surface area contributed by atoms with Crippen LogP contribution in [0, 0.1) is 0 Å². The Hall–Kier alpha value is -1.85. The number of rotatable bonds is 5. The molecule has 0 aliphatic rings. The van der Waals surface area contributed by atoms with Crippen LogP contribution in [0.2, 0.25) is 0 Å². The normalized spacial score (nSPS) is 13.1. The molecule has 2 rings (SSSR count). The Morgan fingerprint density at radius 3 is 2.67 bits per heavy atom. The average Bonchev–Trinajstić information content (AvgIpc) is 2.52. The van der Waals surface area contributed by atoms with E-state index in [2.05, 4.69) is 45.5 Å². The van der Waals surface area contributed by atoms with Gasteiger partial charge in [0.25, 0.3) is 0 Å². The van der Waals surface area contributed by atoms with E-state index in [0.29, 0.717) is 12.1 Å². The Kier molecular flexibility index (Phi) is 5.36. The molecule has 0 spiro atoms. The van der Waals surface area contributed by atoms with Crippen LogP contribution in [0.3, 0.4) is 0 Å². The van der Waals surface area contributed by atoms with Crippen LogP contribution >= 0.6 is 15.9 Å². The standard InChI is InChI=1S/C16H18BrN3O/c1-11(13-5-7-15(17)8-6-13)19-10-12-3-2-4-14(9-12)16(18)20-21/h2-9,11,19,21H,10H2,1H3,(H2,18,20)/t11-/m0/s1. The maximum atomic E-state index is 8.71. The first-order valence-electron chi connectivity index (χ1n) is 6.66. The van der Waals surface area contributed by atoms with Crippen LogP contribution < -0.4 is 11.1 Å². The predicted octanol–water partition coefficient (Wildman–Crippen LogP) is 3.39. The van der Waals surface area contributed by atoms with Crippen molar-refractivity contribution in [2.24, 2.45) is 10.9 Å². The molecule has 110 valence electrons. The molecule has 0 saturated carbocycles. The number of halogens is 1. The first-order chi connectivity index (χ1) is 10.1. The lowest BCUT2D eigenvalue weighted by Crippen LogP contribution is -2.19. The monoisotopic (exact) mass is 347 g/mol. The van der Waals surface area contributed by atoms with Crippen molar-refractivity contribution in [3.8, 4) is 0 Å². The smallest absolute Gasteiger partial charge is 0.170 e. The summed E-state index contributed by atoms with van der Waals surface area (Å²) in [5.74, 6) is 0.123. The van der Waals surface area contributed by atoms with E-state index < -0.39 is 0 Å². The largest absolute Gasteiger partial charge is 0.409 e. The number of oxime groups is 1. The highest BCUT2D eigenvalue weighted by molar-refractivity contribution is 9.10. The van der Waals surface area contributed by atoms with Crippen molar-refractivity contribution in [1.29, 1.82) is 0 Å². The van der Waals surface area contributed by atoms with Crippen molar-refractivity contribution < 1.29 is 5.21 Å². The molecule has 0 aliphatic heterocycles. The van der Waals surface area contributed by atoms with Gasteiger partial charge >= 0.3 is 0 Å². The zero-order chi connectivity index (χ0) is 15.2. The van der Waals surface area contributed by atoms with Crippen molar-refractivity contribution in [1.82, 2.24) is 5.32 Å². The van der Waals surface area contributed by atoms with Crippen molar-refractivity contribution >= 4 is 21.8 Å². The van der Waals surface area contributed by atoms with E-state index in [4.69, 9.17) is 10.9 Å². The van der Waals surface area contributed by atoms with Crippen molar-refractivity contribution in [3.05, 3.63) is 69.7 Å². The maximum absolute atomic E-state index is 8.71. The minimum atomic E-state index is 0.123. The average molecular weight is 348 g/mol. The van der Waals surface area contributed by atoms with Crippen molar-refractivity contribution in [3.63, 3.8) is 0 Å². The van der Waals surface area contributed by atoms with E-state index in [1.54, 1.807) is 0 Å². The Morgan fingerprint density at radius 1 is 1.29 bits per heavy atom. The van der Waals surface area contributed by atoms with Gasteiger partial charge in [0.05, 0.1) is 0 Å². The first-order valence-corrected chi connectivity index (χ1v) is 7.45. The molecule has 5 heteroatoms. The summed E-state index contributed by atoms with van der Waals surface area (Å²) in [5, 5.41) is 15.2. The molecular weight excluding hydrogens is 330 g/mol. The Labute approximate surface area is 132 Å². The molecule has 0 fully saturated rings. The second-order valence-corrected chi connectivity index (χ2v) is 5.76. The van der Waals surface area contributed by atoms with E-state index in [9.17, 15) is 0 Å². The highest BCUT2D eigenvalue weighted by atomic mass is 79.9. The van der Waals surface area contributed by atoms with Gasteiger partial charge in [-0.05, 0) is 36.2 Å². The van der Waals surface area contributed by atoms with E-state index >= 15 is 0 Å². The maximum Gasteiger partial charge on any atom is 0.170 e. The summed E-state index contributed by atoms with van der Waals surface area (Å²) in [6.45, 7) is 2.83. The molecule has 1 atom stereocenters. The minimum absolute atomic E-state index is 0.123. The van der Waals surface area contributed by atoms with Crippen LogP contribution in [-0.4, -0.2) is 11.0 Å². The van der Waals surface area contributed by atoms with Gasteiger partial charge in [-0.2, -0.15) is 0 Å². The number of nitrogens with zero attached hydrogens (tertiary/aromatic N) is 1. The summed E-state index contributed by atoms with van der Waals surface area (Å²) in [6, 6.07) is 16.1. The number of nitrogens with one attached hydrogen (secondary N) is 1. The van der Waals surface area contributed by atoms with Gasteiger partial charge in [0.1, 0.15) is 0 Å². The summed E-state index contributed by atoms with van der Waals surface area (Å²) >= 11 is 3.43. The quantitative estimate of drug-likeness (QED) is 0.336. The third kappa shape index (κ3) is 4.31. The number of nitrogens with two attached hydrogens (primary N) is 1. The molecule has 0 amide bonds. The second kappa shape index (κ2) is 7.24. The Bertz CT molecular complexity index is 626. The van der Waals surface area contributed by atoms with E-state index in [1.165, 1.54) is 5.56 Å². The molecule has 0 radical (unpaired) electrons. The lowest BCUT2D eigenvalue weighted by atomic mass is 10.1. The molecule has 4 N–H and O–H groups in total. The van der Waals surface area contributed by atoms with Crippen LogP contribution in [-0.2, 0) is 6.54 Å². The number of hydrogen-bond donors (Lipinski definition) is 3. The van der Waals surface area contributed by atoms with Gasteiger partial charge < -0.3 is 16.3 Å². The van der Waals surface area contributed by atoms with E-state index in [1.807, 2.05) is 36.4 Å². The Morgan fingerprint density at radius 2 is 2.00 bits per heavy atom. The molecule has 0 aliphatic carbocycles. The van der Waals surface area contributed by atoms with Gasteiger partial charge in [-0.15, -0.1) is 0 Å². The SMILES string of the molecule is C[C@H](NCc1cccc(/C(N)=N/O)c1)c1ccc(Br)cc1. The lowest BCUT2D eigenvalue weighted by Gasteiger charge is -2.15. The summed E-state index contributed by atoms with van der Waals surface area (Å²) in [5.41, 5.74) is 8.63. The number of benzene rings is 2. The number of amidine groups is 1. The molecule has 0 bridgehead atoms. The zero-order valence-corrected chi connectivity index (χ0v) is 13.3. The van der Waals surface area contributed by atoms with Crippen LogP contribution in [0.15, 0.2) is 58.2 Å². The van der Waals surface area contributed by atoms with E-state index in [0.717, 1.165) is 10.0 Å². The fourth-order valence-corrected chi connectivity index (χ4v) is 2.30. The van der Waals surface area contributed by atoms with Gasteiger partial charge in [0, 0.05) is 22.6 Å². The van der Waals surface area contributed by atoms with Crippen molar-refractivity contribution in [2.75, 3.05) is 0 Å². The third-order valence-electron chi connectivity index (χ3n) is 3.31. The molecular formula is C16H18BrN3O. The van der Waals surface area contributed by atoms with Gasteiger partial charge in [-0.1, -0.05) is 51.4 Å². The summed E-state index contributed by atoms with van der Waals surface area (Å²) in [4.78, 5) is 0. The summed E-state index contributed by atoms with van der Waals surface area (Å²) < 4.78 is 1.07. The van der Waals surface area contributed by atoms with Gasteiger partial charge in [0.2, 0.25) is 0 Å². The second-order valence-electron chi connectivity index (χ2n) is 4.84. The zero-order valence-electron chi connectivity index (χ0n) is 11.8. The van der Waals surface area contributed by atoms with Crippen LogP contribution in [0.1, 0.15) is 29.7 Å². The predicted molar refractivity (Wildman–Crippen MR) is 88.3 cm³/mol. The van der Waals surface area contributed by atoms with Gasteiger partial charge in [0.15, 0.2) is 5.84 Å². The number of hydrogen-bond acceptors (Lipinski definition) is 3. The van der Waals surface area contributed by atoms with Gasteiger partial charge in [-0.25, -0.2) is 0 Å². The first kappa shape index (κ1) is 15.5. The molecule has 4 nitrogen and oxygen atoms in total. The van der Waals surface area contributed by atoms with Gasteiger partial charge in [-0.3, -0.25) is 0 Å².